The van der Waals surface area contributed by atoms with Crippen LogP contribution in [0.15, 0.2) is 18.2 Å². The lowest BCUT2D eigenvalue weighted by atomic mass is 10.1. The van der Waals surface area contributed by atoms with Crippen LogP contribution in [0.1, 0.15) is 23.2 Å². The molecule has 14 heavy (non-hydrogen) atoms. The van der Waals surface area contributed by atoms with Crippen LogP contribution in [0.3, 0.4) is 0 Å². The Kier molecular flexibility index (Phi) is 2.07. The molecule has 1 aliphatic rings. The first kappa shape index (κ1) is 9.59. The molecule has 0 heterocycles. The Morgan fingerprint density at radius 3 is 2.64 bits per heavy atom. The topological polar surface area (TPSA) is 17.1 Å². The van der Waals surface area contributed by atoms with E-state index in [1.165, 1.54) is 12.1 Å². The number of carbonyl (C=O) groups excluding carboxylic acids is 1. The van der Waals surface area contributed by atoms with Crippen molar-refractivity contribution in [1.29, 1.82) is 0 Å². The molecule has 1 aromatic rings. The van der Waals surface area contributed by atoms with E-state index >= 15 is 0 Å². The zero-order chi connectivity index (χ0) is 10.3. The third-order valence-electron chi connectivity index (χ3n) is 2.29. The minimum Gasteiger partial charge on any atom is -0.290 e. The van der Waals surface area contributed by atoms with Crippen LogP contribution in [0.4, 0.5) is 8.78 Å². The smallest absolute Gasteiger partial charge is 0.201 e. The van der Waals surface area contributed by atoms with Gasteiger partial charge in [0, 0.05) is 5.56 Å². The molecule has 0 aromatic heterocycles. The van der Waals surface area contributed by atoms with Crippen LogP contribution < -0.4 is 0 Å². The molecule has 0 radical (unpaired) electrons. The number of rotatable bonds is 2. The number of carbonyl (C=O) groups is 1. The molecule has 2 rings (SSSR count). The molecule has 4 heteroatoms. The molecule has 0 bridgehead atoms. The van der Waals surface area contributed by atoms with Crippen molar-refractivity contribution in [2.45, 2.75) is 18.5 Å². The minimum absolute atomic E-state index is 0.0633. The van der Waals surface area contributed by atoms with Gasteiger partial charge in [0.15, 0.2) is 5.67 Å². The normalized spacial score (nSPS) is 17.9. The van der Waals surface area contributed by atoms with Crippen LogP contribution in [-0.2, 0) is 0 Å². The first-order valence-electron chi connectivity index (χ1n) is 4.22. The van der Waals surface area contributed by atoms with Gasteiger partial charge in [0.2, 0.25) is 5.78 Å². The second kappa shape index (κ2) is 3.02. The Morgan fingerprint density at radius 1 is 1.43 bits per heavy atom. The number of benzene rings is 1. The molecular formula is C10H7ClF2O. The predicted octanol–water partition coefficient (Wildman–Crippen LogP) is 3.16. The van der Waals surface area contributed by atoms with Gasteiger partial charge >= 0.3 is 0 Å². The van der Waals surface area contributed by atoms with Crippen LogP contribution in [0.2, 0.25) is 5.02 Å². The molecule has 1 fully saturated rings. The van der Waals surface area contributed by atoms with Crippen molar-refractivity contribution in [3.63, 3.8) is 0 Å². The summed E-state index contributed by atoms with van der Waals surface area (Å²) in [5, 5.41) is -0.290. The lowest BCUT2D eigenvalue weighted by Gasteiger charge is -2.06. The highest BCUT2D eigenvalue weighted by molar-refractivity contribution is 6.34. The number of hydrogen-bond donors (Lipinski definition) is 0. The third-order valence-corrected chi connectivity index (χ3v) is 2.68. The SMILES string of the molecule is O=C(c1cccc(F)c1Cl)C1(F)CC1. The number of halogens is 3. The van der Waals surface area contributed by atoms with Gasteiger partial charge < -0.3 is 0 Å². The highest BCUT2D eigenvalue weighted by Gasteiger charge is 2.51. The van der Waals surface area contributed by atoms with Gasteiger partial charge in [-0.25, -0.2) is 8.78 Å². The largest absolute Gasteiger partial charge is 0.290 e. The van der Waals surface area contributed by atoms with Gasteiger partial charge in [-0.05, 0) is 25.0 Å². The van der Waals surface area contributed by atoms with Crippen molar-refractivity contribution in [2.75, 3.05) is 0 Å². The highest BCUT2D eigenvalue weighted by Crippen LogP contribution is 2.43. The quantitative estimate of drug-likeness (QED) is 0.694. The van der Waals surface area contributed by atoms with E-state index in [0.717, 1.165) is 6.07 Å². The van der Waals surface area contributed by atoms with Gasteiger partial charge in [0.05, 0.1) is 5.02 Å². The number of alkyl halides is 1. The summed E-state index contributed by atoms with van der Waals surface area (Å²) >= 11 is 5.56. The van der Waals surface area contributed by atoms with E-state index in [4.69, 9.17) is 11.6 Å². The Bertz CT molecular complexity index is 399. The average Bonchev–Trinajstić information content (AvgIpc) is 2.89. The Balaban J connectivity index is 2.41. The van der Waals surface area contributed by atoms with E-state index in [-0.39, 0.29) is 23.4 Å². The minimum atomic E-state index is -1.79. The number of ketones is 1. The Morgan fingerprint density at radius 2 is 2.07 bits per heavy atom. The molecule has 0 N–H and O–H groups in total. The van der Waals surface area contributed by atoms with Gasteiger partial charge in [-0.3, -0.25) is 4.79 Å². The van der Waals surface area contributed by atoms with Crippen molar-refractivity contribution in [1.82, 2.24) is 0 Å². The maximum absolute atomic E-state index is 13.4. The average molecular weight is 217 g/mol. The fraction of sp³-hybridized carbons (Fsp3) is 0.300. The van der Waals surface area contributed by atoms with Gasteiger partial charge in [0.25, 0.3) is 0 Å². The summed E-state index contributed by atoms with van der Waals surface area (Å²) in [6, 6.07) is 3.82. The molecule has 0 unspecified atom stereocenters. The molecule has 0 spiro atoms. The molecule has 74 valence electrons. The van der Waals surface area contributed by atoms with E-state index in [2.05, 4.69) is 0 Å². The number of hydrogen-bond acceptors (Lipinski definition) is 1. The van der Waals surface area contributed by atoms with Gasteiger partial charge in [0.1, 0.15) is 5.82 Å². The van der Waals surface area contributed by atoms with Crippen molar-refractivity contribution in [3.05, 3.63) is 34.6 Å². The first-order valence-corrected chi connectivity index (χ1v) is 4.60. The molecule has 1 aliphatic carbocycles. The first-order chi connectivity index (χ1) is 6.54. The second-order valence-corrected chi connectivity index (χ2v) is 3.77. The van der Waals surface area contributed by atoms with Crippen LogP contribution in [0.25, 0.3) is 0 Å². The van der Waals surface area contributed by atoms with E-state index in [1.807, 2.05) is 0 Å². The molecule has 0 amide bonds. The summed E-state index contributed by atoms with van der Waals surface area (Å²) in [6.07, 6.45) is 0.414. The van der Waals surface area contributed by atoms with Crippen molar-refractivity contribution in [2.24, 2.45) is 0 Å². The maximum atomic E-state index is 13.4. The maximum Gasteiger partial charge on any atom is 0.201 e. The van der Waals surface area contributed by atoms with E-state index in [0.29, 0.717) is 0 Å². The number of Topliss-reactive ketones (excluding diaryl/α,β-unsaturated/α-hetero) is 1. The molecule has 0 aliphatic heterocycles. The van der Waals surface area contributed by atoms with Crippen molar-refractivity contribution < 1.29 is 13.6 Å². The predicted molar refractivity (Wildman–Crippen MR) is 48.8 cm³/mol. The summed E-state index contributed by atoms with van der Waals surface area (Å²) in [7, 11) is 0. The summed E-state index contributed by atoms with van der Waals surface area (Å²) in [4.78, 5) is 11.5. The Labute approximate surface area is 84.7 Å². The summed E-state index contributed by atoms with van der Waals surface area (Å²) in [6.45, 7) is 0. The summed E-state index contributed by atoms with van der Waals surface area (Å²) in [5.74, 6) is -1.40. The highest BCUT2D eigenvalue weighted by atomic mass is 35.5. The zero-order valence-corrected chi connectivity index (χ0v) is 7.94. The molecule has 1 aromatic carbocycles. The summed E-state index contributed by atoms with van der Waals surface area (Å²) in [5.41, 5.74) is -1.86. The molecule has 0 atom stereocenters. The molecule has 0 saturated heterocycles. The zero-order valence-electron chi connectivity index (χ0n) is 7.19. The van der Waals surface area contributed by atoms with Crippen molar-refractivity contribution >= 4 is 17.4 Å². The fourth-order valence-electron chi connectivity index (χ4n) is 1.26. The summed E-state index contributed by atoms with van der Waals surface area (Å²) < 4.78 is 26.3. The lowest BCUT2D eigenvalue weighted by Crippen LogP contribution is -2.17. The molecular weight excluding hydrogens is 210 g/mol. The van der Waals surface area contributed by atoms with Crippen LogP contribution in [0, 0.1) is 5.82 Å². The van der Waals surface area contributed by atoms with E-state index in [9.17, 15) is 13.6 Å². The molecule has 1 saturated carbocycles. The van der Waals surface area contributed by atoms with Crippen LogP contribution >= 0.6 is 11.6 Å². The van der Waals surface area contributed by atoms with Crippen LogP contribution in [-0.4, -0.2) is 11.5 Å². The van der Waals surface area contributed by atoms with Crippen LogP contribution in [0.5, 0.6) is 0 Å². The van der Waals surface area contributed by atoms with Gasteiger partial charge in [-0.2, -0.15) is 0 Å². The fourth-order valence-corrected chi connectivity index (χ4v) is 1.47. The van der Waals surface area contributed by atoms with E-state index < -0.39 is 17.3 Å². The van der Waals surface area contributed by atoms with Gasteiger partial charge in [-0.15, -0.1) is 0 Å². The van der Waals surface area contributed by atoms with E-state index in [1.54, 1.807) is 0 Å². The molecule has 1 nitrogen and oxygen atoms in total. The lowest BCUT2D eigenvalue weighted by molar-refractivity contribution is 0.0850. The standard InChI is InChI=1S/C10H7ClF2O/c11-8-6(2-1-3-7(8)12)9(14)10(13)4-5-10/h1-3H,4-5H2. The van der Waals surface area contributed by atoms with Gasteiger partial charge in [-0.1, -0.05) is 17.7 Å². The second-order valence-electron chi connectivity index (χ2n) is 3.40. The third kappa shape index (κ3) is 1.42. The Hall–Kier alpha value is -0.960. The monoisotopic (exact) mass is 216 g/mol. The van der Waals surface area contributed by atoms with Crippen molar-refractivity contribution in [3.8, 4) is 0 Å².